The molecule has 2 aromatic carbocycles. The summed E-state index contributed by atoms with van der Waals surface area (Å²) in [5, 5.41) is 32.4. The van der Waals surface area contributed by atoms with E-state index in [4.69, 9.17) is 9.84 Å². The van der Waals surface area contributed by atoms with Crippen molar-refractivity contribution in [3.63, 3.8) is 0 Å². The topological polar surface area (TPSA) is 82.0 Å². The van der Waals surface area contributed by atoms with Crippen LogP contribution in [-0.4, -0.2) is 34.7 Å². The molecule has 21 heavy (non-hydrogen) atoms. The molecule has 0 unspecified atom stereocenters. The third kappa shape index (κ3) is 3.65. The van der Waals surface area contributed by atoms with Gasteiger partial charge < -0.3 is 20.1 Å². The second-order valence-electron chi connectivity index (χ2n) is 4.67. The van der Waals surface area contributed by atoms with E-state index in [9.17, 15) is 10.2 Å². The fourth-order valence-corrected chi connectivity index (χ4v) is 2.13. The summed E-state index contributed by atoms with van der Waals surface area (Å²) in [6.07, 6.45) is -0.123. The standard InChI is InChI=1S/C16H19NO4/c1-11(19)15(8-9-17-10-18)21-16-7-3-4-12-13(16)5-2-6-14(12)20/h2-7,15,17-20H,1,8-10H2/t15-/m0/s1. The summed E-state index contributed by atoms with van der Waals surface area (Å²) in [7, 11) is 0. The number of aliphatic hydroxyl groups is 2. The van der Waals surface area contributed by atoms with Crippen LogP contribution in [-0.2, 0) is 0 Å². The molecule has 4 N–H and O–H groups in total. The van der Waals surface area contributed by atoms with Crippen molar-refractivity contribution in [1.82, 2.24) is 5.32 Å². The van der Waals surface area contributed by atoms with Crippen molar-refractivity contribution in [3.8, 4) is 11.5 Å². The molecule has 2 aromatic rings. The van der Waals surface area contributed by atoms with Crippen molar-refractivity contribution in [2.75, 3.05) is 13.3 Å². The van der Waals surface area contributed by atoms with Crippen LogP contribution in [0.25, 0.3) is 10.8 Å². The van der Waals surface area contributed by atoms with Gasteiger partial charge in [0.15, 0.2) is 6.10 Å². The van der Waals surface area contributed by atoms with Crippen molar-refractivity contribution in [2.45, 2.75) is 12.5 Å². The summed E-state index contributed by atoms with van der Waals surface area (Å²) in [5.41, 5.74) is 0. The van der Waals surface area contributed by atoms with Gasteiger partial charge in [-0.2, -0.15) is 0 Å². The van der Waals surface area contributed by atoms with E-state index in [0.717, 1.165) is 5.39 Å². The Balaban J connectivity index is 2.24. The van der Waals surface area contributed by atoms with Crippen LogP contribution >= 0.6 is 0 Å². The minimum atomic E-state index is -0.586. The van der Waals surface area contributed by atoms with Gasteiger partial charge in [-0.25, -0.2) is 0 Å². The molecule has 0 aliphatic rings. The Kier molecular flexibility index (Phi) is 5.03. The Hall–Kier alpha value is -2.24. The number of aromatic hydroxyl groups is 1. The van der Waals surface area contributed by atoms with E-state index < -0.39 is 6.10 Å². The van der Waals surface area contributed by atoms with Crippen molar-refractivity contribution in [2.24, 2.45) is 0 Å². The van der Waals surface area contributed by atoms with Crippen LogP contribution < -0.4 is 10.1 Å². The number of ether oxygens (including phenoxy) is 1. The Bertz CT molecular complexity index is 627. The maximum atomic E-state index is 9.85. The van der Waals surface area contributed by atoms with E-state index in [0.29, 0.717) is 24.1 Å². The summed E-state index contributed by atoms with van der Waals surface area (Å²) in [4.78, 5) is 0. The third-order valence-electron chi connectivity index (χ3n) is 3.20. The smallest absolute Gasteiger partial charge is 0.156 e. The van der Waals surface area contributed by atoms with Crippen LogP contribution in [0, 0.1) is 0 Å². The molecule has 1 atom stereocenters. The number of phenols is 1. The Morgan fingerprint density at radius 1 is 1.19 bits per heavy atom. The number of rotatable bonds is 7. The minimum absolute atomic E-state index is 0.0769. The van der Waals surface area contributed by atoms with Crippen molar-refractivity contribution in [1.29, 1.82) is 0 Å². The maximum absolute atomic E-state index is 9.85. The summed E-state index contributed by atoms with van der Waals surface area (Å²) in [6, 6.07) is 10.5. The van der Waals surface area contributed by atoms with E-state index in [2.05, 4.69) is 11.9 Å². The largest absolute Gasteiger partial charge is 0.509 e. The molecule has 0 aliphatic heterocycles. The molecule has 0 spiro atoms. The van der Waals surface area contributed by atoms with Gasteiger partial charge in [0.2, 0.25) is 0 Å². The molecule has 2 rings (SSSR count). The minimum Gasteiger partial charge on any atom is -0.509 e. The lowest BCUT2D eigenvalue weighted by molar-refractivity contribution is 0.164. The van der Waals surface area contributed by atoms with Gasteiger partial charge in [-0.05, 0) is 12.1 Å². The van der Waals surface area contributed by atoms with E-state index in [1.807, 2.05) is 6.07 Å². The molecule has 0 amide bonds. The summed E-state index contributed by atoms with van der Waals surface area (Å²) >= 11 is 0. The zero-order valence-electron chi connectivity index (χ0n) is 11.6. The predicted octanol–water partition coefficient (Wildman–Crippen LogP) is 2.29. The summed E-state index contributed by atoms with van der Waals surface area (Å²) in [6.45, 7) is 3.87. The van der Waals surface area contributed by atoms with E-state index in [-0.39, 0.29) is 18.2 Å². The highest BCUT2D eigenvalue weighted by atomic mass is 16.5. The first-order valence-electron chi connectivity index (χ1n) is 6.70. The van der Waals surface area contributed by atoms with Crippen LogP contribution in [0.2, 0.25) is 0 Å². The first-order chi connectivity index (χ1) is 10.1. The zero-order valence-corrected chi connectivity index (χ0v) is 11.6. The second-order valence-corrected chi connectivity index (χ2v) is 4.67. The van der Waals surface area contributed by atoms with Gasteiger partial charge in [-0.15, -0.1) is 0 Å². The molecule has 0 aliphatic carbocycles. The highest BCUT2D eigenvalue weighted by Crippen LogP contribution is 2.32. The van der Waals surface area contributed by atoms with Gasteiger partial charge >= 0.3 is 0 Å². The fraction of sp³-hybridized carbons (Fsp3) is 0.250. The average molecular weight is 289 g/mol. The molecule has 5 nitrogen and oxygen atoms in total. The number of phenolic OH excluding ortho intramolecular Hbond substituents is 1. The highest BCUT2D eigenvalue weighted by molar-refractivity contribution is 5.92. The predicted molar refractivity (Wildman–Crippen MR) is 81.5 cm³/mol. The van der Waals surface area contributed by atoms with Gasteiger partial charge in [0, 0.05) is 23.7 Å². The number of hydrogen-bond acceptors (Lipinski definition) is 5. The fourth-order valence-electron chi connectivity index (χ4n) is 2.13. The third-order valence-corrected chi connectivity index (χ3v) is 3.20. The van der Waals surface area contributed by atoms with Crippen LogP contribution in [0.3, 0.4) is 0 Å². The zero-order chi connectivity index (χ0) is 15.2. The Morgan fingerprint density at radius 3 is 2.62 bits per heavy atom. The number of aliphatic hydroxyl groups excluding tert-OH is 2. The molecule has 0 heterocycles. The molecule has 112 valence electrons. The SMILES string of the molecule is C=C(O)[C@H](CCNCO)Oc1cccc2c(O)cccc12. The molecule has 0 aromatic heterocycles. The molecule has 0 radical (unpaired) electrons. The van der Waals surface area contributed by atoms with E-state index in [1.54, 1.807) is 30.3 Å². The number of fused-ring (bicyclic) bond motifs is 1. The molecule has 5 heteroatoms. The highest BCUT2D eigenvalue weighted by Gasteiger charge is 2.15. The second kappa shape index (κ2) is 6.97. The lowest BCUT2D eigenvalue weighted by Crippen LogP contribution is -2.26. The molecular formula is C16H19NO4. The van der Waals surface area contributed by atoms with Gasteiger partial charge in [0.05, 0.1) is 6.73 Å². The van der Waals surface area contributed by atoms with Crippen LogP contribution in [0.1, 0.15) is 6.42 Å². The van der Waals surface area contributed by atoms with Gasteiger partial charge in [0.1, 0.15) is 17.3 Å². The molecular weight excluding hydrogens is 270 g/mol. The van der Waals surface area contributed by atoms with Gasteiger partial charge in [0.25, 0.3) is 0 Å². The lowest BCUT2D eigenvalue weighted by atomic mass is 10.1. The van der Waals surface area contributed by atoms with Crippen molar-refractivity contribution in [3.05, 3.63) is 48.7 Å². The van der Waals surface area contributed by atoms with Crippen LogP contribution in [0.4, 0.5) is 0 Å². The molecule has 0 bridgehead atoms. The Morgan fingerprint density at radius 2 is 1.90 bits per heavy atom. The molecule has 0 saturated heterocycles. The lowest BCUT2D eigenvalue weighted by Gasteiger charge is -2.19. The first kappa shape index (κ1) is 15.2. The van der Waals surface area contributed by atoms with Crippen molar-refractivity contribution < 1.29 is 20.1 Å². The number of hydrogen-bond donors (Lipinski definition) is 4. The normalized spacial score (nSPS) is 12.2. The summed E-state index contributed by atoms with van der Waals surface area (Å²) in [5.74, 6) is 0.666. The van der Waals surface area contributed by atoms with Crippen LogP contribution in [0.5, 0.6) is 11.5 Å². The van der Waals surface area contributed by atoms with Crippen molar-refractivity contribution >= 4 is 10.8 Å². The van der Waals surface area contributed by atoms with E-state index >= 15 is 0 Å². The first-order valence-corrected chi connectivity index (χ1v) is 6.70. The van der Waals surface area contributed by atoms with Crippen LogP contribution in [0.15, 0.2) is 48.7 Å². The van der Waals surface area contributed by atoms with Gasteiger partial charge in [-0.1, -0.05) is 30.8 Å². The molecule has 0 fully saturated rings. The van der Waals surface area contributed by atoms with E-state index in [1.165, 1.54) is 0 Å². The Labute approximate surface area is 123 Å². The quantitative estimate of drug-likeness (QED) is 0.357. The average Bonchev–Trinajstić information content (AvgIpc) is 2.47. The maximum Gasteiger partial charge on any atom is 0.156 e. The monoisotopic (exact) mass is 289 g/mol. The number of nitrogens with one attached hydrogen (secondary N) is 1. The number of benzene rings is 2. The molecule has 0 saturated carbocycles. The summed E-state index contributed by atoms with van der Waals surface area (Å²) < 4.78 is 5.81. The van der Waals surface area contributed by atoms with Gasteiger partial charge in [-0.3, -0.25) is 5.32 Å².